The van der Waals surface area contributed by atoms with Crippen molar-refractivity contribution in [3.63, 3.8) is 0 Å². The summed E-state index contributed by atoms with van der Waals surface area (Å²) in [4.78, 5) is 4.23. The number of hydrogen-bond acceptors (Lipinski definition) is 3. The third-order valence-electron chi connectivity index (χ3n) is 3.15. The summed E-state index contributed by atoms with van der Waals surface area (Å²) < 4.78 is 1.04. The summed E-state index contributed by atoms with van der Waals surface area (Å²) in [7, 11) is 0. The fraction of sp³-hybridized carbons (Fsp3) is 0.0625. The monoisotopic (exact) mass is 328 g/mol. The molecule has 0 amide bonds. The minimum atomic E-state index is 0.215. The van der Waals surface area contributed by atoms with Gasteiger partial charge in [-0.1, -0.05) is 34.1 Å². The number of anilines is 1. The molecule has 0 aliphatic carbocycles. The van der Waals surface area contributed by atoms with Gasteiger partial charge in [-0.3, -0.25) is 4.98 Å². The topological polar surface area (TPSA) is 45.1 Å². The lowest BCUT2D eigenvalue weighted by Gasteiger charge is -2.10. The Balaban J connectivity index is 1.90. The number of hydrogen-bond donors (Lipinski definition) is 2. The van der Waals surface area contributed by atoms with Gasteiger partial charge in [-0.15, -0.1) is 0 Å². The highest BCUT2D eigenvalue weighted by Gasteiger charge is 2.05. The van der Waals surface area contributed by atoms with E-state index < -0.39 is 0 Å². The molecule has 20 heavy (non-hydrogen) atoms. The molecular formula is C16H13BrN2O. The number of rotatable bonds is 3. The first-order valence-corrected chi connectivity index (χ1v) is 7.08. The second-order valence-electron chi connectivity index (χ2n) is 4.51. The van der Waals surface area contributed by atoms with E-state index in [0.29, 0.717) is 12.1 Å². The quantitative estimate of drug-likeness (QED) is 0.752. The number of fused-ring (bicyclic) bond motifs is 1. The van der Waals surface area contributed by atoms with E-state index in [1.165, 1.54) is 0 Å². The molecule has 3 rings (SSSR count). The van der Waals surface area contributed by atoms with E-state index >= 15 is 0 Å². The Morgan fingerprint density at radius 3 is 2.85 bits per heavy atom. The number of nitrogens with one attached hydrogen (secondary N) is 1. The normalized spacial score (nSPS) is 10.7. The Bertz CT molecular complexity index is 758. The molecule has 0 unspecified atom stereocenters. The Hall–Kier alpha value is -2.07. The summed E-state index contributed by atoms with van der Waals surface area (Å²) in [6, 6.07) is 15.5. The maximum Gasteiger partial charge on any atom is 0.141 e. The van der Waals surface area contributed by atoms with Crippen LogP contribution >= 0.6 is 15.9 Å². The van der Waals surface area contributed by atoms with Gasteiger partial charge in [-0.05, 0) is 35.9 Å². The standard InChI is InChI=1S/C16H13BrN2O/c17-12-3-1-4-13(9-12)19-10-11-6-7-15(20)16-14(11)5-2-8-18-16/h1-9,19-20H,10H2. The van der Waals surface area contributed by atoms with Crippen molar-refractivity contribution in [2.24, 2.45) is 0 Å². The highest BCUT2D eigenvalue weighted by atomic mass is 79.9. The number of aromatic hydroxyl groups is 1. The zero-order chi connectivity index (χ0) is 13.9. The van der Waals surface area contributed by atoms with E-state index in [1.807, 2.05) is 42.5 Å². The minimum absolute atomic E-state index is 0.215. The summed E-state index contributed by atoms with van der Waals surface area (Å²) in [6.07, 6.45) is 1.69. The third-order valence-corrected chi connectivity index (χ3v) is 3.64. The maximum absolute atomic E-state index is 9.83. The third kappa shape index (κ3) is 2.60. The van der Waals surface area contributed by atoms with E-state index in [-0.39, 0.29) is 5.75 Å². The average Bonchev–Trinajstić information content (AvgIpc) is 2.47. The highest BCUT2D eigenvalue weighted by Crippen LogP contribution is 2.26. The number of phenols is 1. The largest absolute Gasteiger partial charge is 0.506 e. The molecule has 4 heteroatoms. The molecule has 0 saturated heterocycles. The fourth-order valence-corrected chi connectivity index (χ4v) is 2.57. The summed E-state index contributed by atoms with van der Waals surface area (Å²) >= 11 is 3.45. The van der Waals surface area contributed by atoms with E-state index in [2.05, 4.69) is 26.2 Å². The molecule has 0 atom stereocenters. The number of aromatic nitrogens is 1. The van der Waals surface area contributed by atoms with Crippen molar-refractivity contribution < 1.29 is 5.11 Å². The molecule has 100 valence electrons. The Morgan fingerprint density at radius 1 is 1.10 bits per heavy atom. The van der Waals surface area contributed by atoms with Crippen LogP contribution in [-0.4, -0.2) is 10.1 Å². The van der Waals surface area contributed by atoms with Crippen LogP contribution in [0.2, 0.25) is 0 Å². The van der Waals surface area contributed by atoms with Crippen molar-refractivity contribution in [2.45, 2.75) is 6.54 Å². The molecule has 3 aromatic rings. The summed E-state index contributed by atoms with van der Waals surface area (Å²) in [5.74, 6) is 0.215. The summed E-state index contributed by atoms with van der Waals surface area (Å²) in [5, 5.41) is 14.2. The van der Waals surface area contributed by atoms with Gasteiger partial charge in [0, 0.05) is 28.3 Å². The first-order chi connectivity index (χ1) is 9.74. The zero-order valence-electron chi connectivity index (χ0n) is 10.7. The lowest BCUT2D eigenvalue weighted by atomic mass is 10.1. The second-order valence-corrected chi connectivity index (χ2v) is 5.42. The van der Waals surface area contributed by atoms with Crippen LogP contribution in [0.5, 0.6) is 5.75 Å². The molecule has 0 bridgehead atoms. The van der Waals surface area contributed by atoms with Crippen molar-refractivity contribution in [3.05, 3.63) is 64.8 Å². The number of phenolic OH excluding ortho intramolecular Hbond substituents is 1. The van der Waals surface area contributed by atoms with Crippen LogP contribution in [0.1, 0.15) is 5.56 Å². The maximum atomic E-state index is 9.83. The number of pyridine rings is 1. The Kier molecular flexibility index (Phi) is 3.56. The summed E-state index contributed by atoms with van der Waals surface area (Å²) in [5.41, 5.74) is 2.79. The second kappa shape index (κ2) is 5.51. The van der Waals surface area contributed by atoms with Gasteiger partial charge >= 0.3 is 0 Å². The lowest BCUT2D eigenvalue weighted by Crippen LogP contribution is -2.00. The van der Waals surface area contributed by atoms with Crippen LogP contribution in [0.25, 0.3) is 10.9 Å². The van der Waals surface area contributed by atoms with E-state index in [4.69, 9.17) is 0 Å². The van der Waals surface area contributed by atoms with E-state index in [0.717, 1.165) is 21.1 Å². The molecule has 0 saturated carbocycles. The molecule has 0 aliphatic heterocycles. The van der Waals surface area contributed by atoms with Crippen molar-refractivity contribution >= 4 is 32.5 Å². The van der Waals surface area contributed by atoms with Crippen LogP contribution in [-0.2, 0) is 6.54 Å². The molecule has 0 radical (unpaired) electrons. The molecule has 0 spiro atoms. The van der Waals surface area contributed by atoms with Crippen molar-refractivity contribution in [1.82, 2.24) is 4.98 Å². The average molecular weight is 329 g/mol. The smallest absolute Gasteiger partial charge is 0.141 e. The number of nitrogens with zero attached hydrogens (tertiary/aromatic N) is 1. The molecule has 2 aromatic carbocycles. The van der Waals surface area contributed by atoms with Crippen LogP contribution in [0.3, 0.4) is 0 Å². The summed E-state index contributed by atoms with van der Waals surface area (Å²) in [6.45, 7) is 0.679. The van der Waals surface area contributed by atoms with Crippen LogP contribution < -0.4 is 5.32 Å². The van der Waals surface area contributed by atoms with E-state index in [9.17, 15) is 5.11 Å². The Morgan fingerprint density at radius 2 is 2.00 bits per heavy atom. The van der Waals surface area contributed by atoms with Gasteiger partial charge in [0.15, 0.2) is 0 Å². The zero-order valence-corrected chi connectivity index (χ0v) is 12.3. The van der Waals surface area contributed by atoms with Gasteiger partial charge in [0.25, 0.3) is 0 Å². The van der Waals surface area contributed by atoms with Gasteiger partial charge in [-0.25, -0.2) is 0 Å². The predicted octanol–water partition coefficient (Wildman–Crippen LogP) is 4.32. The van der Waals surface area contributed by atoms with Gasteiger partial charge in [0.05, 0.1) is 0 Å². The number of benzene rings is 2. The highest BCUT2D eigenvalue weighted by molar-refractivity contribution is 9.10. The van der Waals surface area contributed by atoms with Gasteiger partial charge in [-0.2, -0.15) is 0 Å². The first-order valence-electron chi connectivity index (χ1n) is 6.29. The Labute approximate surface area is 125 Å². The molecular weight excluding hydrogens is 316 g/mol. The molecule has 2 N–H and O–H groups in total. The van der Waals surface area contributed by atoms with Crippen LogP contribution in [0, 0.1) is 0 Å². The van der Waals surface area contributed by atoms with Crippen LogP contribution in [0.15, 0.2) is 59.2 Å². The lowest BCUT2D eigenvalue weighted by molar-refractivity contribution is 0.480. The molecule has 1 heterocycles. The fourth-order valence-electron chi connectivity index (χ4n) is 2.17. The van der Waals surface area contributed by atoms with Crippen LogP contribution in [0.4, 0.5) is 5.69 Å². The van der Waals surface area contributed by atoms with Crippen molar-refractivity contribution in [1.29, 1.82) is 0 Å². The van der Waals surface area contributed by atoms with Gasteiger partial charge in [0.2, 0.25) is 0 Å². The SMILES string of the molecule is Oc1ccc(CNc2cccc(Br)c2)c2cccnc12. The molecule has 3 nitrogen and oxygen atoms in total. The van der Waals surface area contributed by atoms with Crippen molar-refractivity contribution in [3.8, 4) is 5.75 Å². The first kappa shape index (κ1) is 12.9. The molecule has 0 aliphatic rings. The van der Waals surface area contributed by atoms with Gasteiger partial charge < -0.3 is 10.4 Å². The molecule has 1 aromatic heterocycles. The van der Waals surface area contributed by atoms with Crippen molar-refractivity contribution in [2.75, 3.05) is 5.32 Å². The van der Waals surface area contributed by atoms with E-state index in [1.54, 1.807) is 12.3 Å². The minimum Gasteiger partial charge on any atom is -0.506 e. The number of halogens is 1. The van der Waals surface area contributed by atoms with Gasteiger partial charge in [0.1, 0.15) is 11.3 Å². The molecule has 0 fully saturated rings. The predicted molar refractivity (Wildman–Crippen MR) is 84.9 cm³/mol.